The molecular formula is C19H15Cl2N5O. The molecule has 1 aromatic carbocycles. The molecule has 0 radical (unpaired) electrons. The highest BCUT2D eigenvalue weighted by molar-refractivity contribution is 6.33. The van der Waals surface area contributed by atoms with Crippen LogP contribution in [0.2, 0.25) is 10.0 Å². The van der Waals surface area contributed by atoms with E-state index in [0.29, 0.717) is 40.3 Å². The third kappa shape index (κ3) is 3.86. The number of anilines is 3. The van der Waals surface area contributed by atoms with Gasteiger partial charge in [-0.3, -0.25) is 9.78 Å². The summed E-state index contributed by atoms with van der Waals surface area (Å²) in [5.41, 5.74) is 2.89. The molecule has 0 unspecified atom stereocenters. The van der Waals surface area contributed by atoms with Crippen LogP contribution in [0.3, 0.4) is 0 Å². The van der Waals surface area contributed by atoms with Crippen molar-refractivity contribution in [2.45, 2.75) is 12.8 Å². The normalized spacial score (nSPS) is 13.9. The fourth-order valence-electron chi connectivity index (χ4n) is 2.93. The molecule has 1 aliphatic heterocycles. The molecule has 4 rings (SSSR count). The van der Waals surface area contributed by atoms with Gasteiger partial charge in [0.1, 0.15) is 0 Å². The highest BCUT2D eigenvalue weighted by Crippen LogP contribution is 2.29. The topological polar surface area (TPSA) is 71.0 Å². The lowest BCUT2D eigenvalue weighted by Crippen LogP contribution is -2.23. The molecule has 27 heavy (non-hydrogen) atoms. The third-order valence-electron chi connectivity index (χ3n) is 4.23. The van der Waals surface area contributed by atoms with E-state index < -0.39 is 0 Å². The zero-order valence-electron chi connectivity index (χ0n) is 14.2. The van der Waals surface area contributed by atoms with Gasteiger partial charge < -0.3 is 10.2 Å². The van der Waals surface area contributed by atoms with E-state index in [1.807, 2.05) is 18.2 Å². The highest BCUT2D eigenvalue weighted by atomic mass is 35.5. The zero-order valence-corrected chi connectivity index (χ0v) is 15.7. The molecule has 2 aromatic heterocycles. The molecule has 6 nitrogen and oxygen atoms in total. The van der Waals surface area contributed by atoms with Crippen LogP contribution in [0.15, 0.2) is 48.9 Å². The molecule has 136 valence electrons. The van der Waals surface area contributed by atoms with Gasteiger partial charge in [-0.1, -0.05) is 35.3 Å². The standard InChI is InChI=1S/C19H15Cl2N5O/c20-13-5-3-12(4-6-13)18-16(21)11-23-19(25-18)24-14-8-15(10-22-9-14)26-7-1-2-17(26)27/h3-6,8-11H,1-2,7H2,(H,23,24,25). The van der Waals surface area contributed by atoms with Crippen molar-refractivity contribution in [2.75, 3.05) is 16.8 Å². The van der Waals surface area contributed by atoms with E-state index >= 15 is 0 Å². The maximum Gasteiger partial charge on any atom is 0.227 e. The molecule has 1 fully saturated rings. The third-order valence-corrected chi connectivity index (χ3v) is 4.76. The predicted octanol–water partition coefficient (Wildman–Crippen LogP) is 4.72. The lowest BCUT2D eigenvalue weighted by Gasteiger charge is -2.16. The minimum Gasteiger partial charge on any atom is -0.323 e. The average Bonchev–Trinajstić information content (AvgIpc) is 3.10. The highest BCUT2D eigenvalue weighted by Gasteiger charge is 2.22. The van der Waals surface area contributed by atoms with Crippen LogP contribution in [0.25, 0.3) is 11.3 Å². The second-order valence-corrected chi connectivity index (χ2v) is 6.95. The van der Waals surface area contributed by atoms with Gasteiger partial charge in [-0.2, -0.15) is 0 Å². The Morgan fingerprint density at radius 1 is 1.07 bits per heavy atom. The number of nitrogens with one attached hydrogen (secondary N) is 1. The van der Waals surface area contributed by atoms with Crippen molar-refractivity contribution in [1.82, 2.24) is 15.0 Å². The number of carbonyl (C=O) groups is 1. The molecule has 0 atom stereocenters. The number of benzene rings is 1. The van der Waals surface area contributed by atoms with E-state index in [9.17, 15) is 4.79 Å². The van der Waals surface area contributed by atoms with Crippen LogP contribution >= 0.6 is 23.2 Å². The molecule has 3 aromatic rings. The van der Waals surface area contributed by atoms with Gasteiger partial charge in [0.05, 0.1) is 40.7 Å². The molecular weight excluding hydrogens is 385 g/mol. The van der Waals surface area contributed by atoms with Gasteiger partial charge in [-0.15, -0.1) is 0 Å². The molecule has 0 spiro atoms. The quantitative estimate of drug-likeness (QED) is 0.687. The summed E-state index contributed by atoms with van der Waals surface area (Å²) in [6.07, 6.45) is 6.31. The van der Waals surface area contributed by atoms with Gasteiger partial charge in [0.15, 0.2) is 0 Å². The number of rotatable bonds is 4. The Labute approximate surface area is 166 Å². The Kier molecular flexibility index (Phi) is 4.92. The van der Waals surface area contributed by atoms with E-state index in [2.05, 4.69) is 20.3 Å². The molecule has 0 saturated carbocycles. The van der Waals surface area contributed by atoms with Crippen molar-refractivity contribution in [2.24, 2.45) is 0 Å². The van der Waals surface area contributed by atoms with Gasteiger partial charge in [-0.05, 0) is 24.6 Å². The first-order valence-corrected chi connectivity index (χ1v) is 9.17. The molecule has 1 N–H and O–H groups in total. The van der Waals surface area contributed by atoms with Crippen molar-refractivity contribution >= 4 is 46.4 Å². The number of hydrogen-bond acceptors (Lipinski definition) is 5. The lowest BCUT2D eigenvalue weighted by atomic mass is 10.1. The maximum atomic E-state index is 11.9. The molecule has 1 amide bonds. The Morgan fingerprint density at radius 2 is 1.89 bits per heavy atom. The minimum atomic E-state index is 0.113. The van der Waals surface area contributed by atoms with Crippen molar-refractivity contribution < 1.29 is 4.79 Å². The summed E-state index contributed by atoms with van der Waals surface area (Å²) >= 11 is 12.2. The first kappa shape index (κ1) is 17.7. The van der Waals surface area contributed by atoms with E-state index in [4.69, 9.17) is 23.2 Å². The largest absolute Gasteiger partial charge is 0.323 e. The maximum absolute atomic E-state index is 11.9. The summed E-state index contributed by atoms with van der Waals surface area (Å²) in [4.78, 5) is 26.6. The van der Waals surface area contributed by atoms with Crippen molar-refractivity contribution in [1.29, 1.82) is 0 Å². The number of halogens is 2. The smallest absolute Gasteiger partial charge is 0.227 e. The van der Waals surface area contributed by atoms with Crippen LogP contribution in [0, 0.1) is 0 Å². The van der Waals surface area contributed by atoms with Crippen molar-refractivity contribution in [3.05, 3.63) is 59.0 Å². The van der Waals surface area contributed by atoms with Gasteiger partial charge in [0.2, 0.25) is 11.9 Å². The Morgan fingerprint density at radius 3 is 2.63 bits per heavy atom. The molecule has 0 aliphatic carbocycles. The number of aromatic nitrogens is 3. The average molecular weight is 400 g/mol. The van der Waals surface area contributed by atoms with Crippen LogP contribution in [0.4, 0.5) is 17.3 Å². The second kappa shape index (κ2) is 7.50. The number of carbonyl (C=O) groups excluding carboxylic acids is 1. The Hall–Kier alpha value is -2.70. The monoisotopic (exact) mass is 399 g/mol. The van der Waals surface area contributed by atoms with Crippen molar-refractivity contribution in [3.63, 3.8) is 0 Å². The SMILES string of the molecule is O=C1CCCN1c1cncc(Nc2ncc(Cl)c(-c3ccc(Cl)cc3)n2)c1. The summed E-state index contributed by atoms with van der Waals surface area (Å²) in [6.45, 7) is 0.710. The Bertz CT molecular complexity index is 994. The second-order valence-electron chi connectivity index (χ2n) is 6.10. The van der Waals surface area contributed by atoms with E-state index in [-0.39, 0.29) is 5.91 Å². The van der Waals surface area contributed by atoms with Crippen LogP contribution in [0.1, 0.15) is 12.8 Å². The summed E-state index contributed by atoms with van der Waals surface area (Å²) in [5.74, 6) is 0.498. The van der Waals surface area contributed by atoms with Crippen LogP contribution in [-0.4, -0.2) is 27.4 Å². The first-order chi connectivity index (χ1) is 13.1. The van der Waals surface area contributed by atoms with Gasteiger partial charge in [-0.25, -0.2) is 9.97 Å². The van der Waals surface area contributed by atoms with Gasteiger partial charge in [0, 0.05) is 23.6 Å². The first-order valence-electron chi connectivity index (χ1n) is 8.41. The van der Waals surface area contributed by atoms with E-state index in [0.717, 1.165) is 17.7 Å². The molecule has 8 heteroatoms. The Balaban J connectivity index is 1.61. The summed E-state index contributed by atoms with van der Waals surface area (Å²) in [5, 5.41) is 4.21. The van der Waals surface area contributed by atoms with E-state index in [1.54, 1.807) is 35.6 Å². The minimum absolute atomic E-state index is 0.113. The molecule has 0 bridgehead atoms. The van der Waals surface area contributed by atoms with Crippen LogP contribution < -0.4 is 10.2 Å². The van der Waals surface area contributed by atoms with Crippen LogP contribution in [0.5, 0.6) is 0 Å². The zero-order chi connectivity index (χ0) is 18.8. The van der Waals surface area contributed by atoms with Gasteiger partial charge >= 0.3 is 0 Å². The fourth-order valence-corrected chi connectivity index (χ4v) is 3.26. The van der Waals surface area contributed by atoms with E-state index in [1.165, 1.54) is 0 Å². The number of pyridine rings is 1. The summed E-state index contributed by atoms with van der Waals surface area (Å²) < 4.78 is 0. The molecule has 3 heterocycles. The molecule has 1 saturated heterocycles. The molecule has 1 aliphatic rings. The lowest BCUT2D eigenvalue weighted by molar-refractivity contribution is -0.117. The van der Waals surface area contributed by atoms with Crippen molar-refractivity contribution in [3.8, 4) is 11.3 Å². The van der Waals surface area contributed by atoms with Crippen LogP contribution in [-0.2, 0) is 4.79 Å². The summed E-state index contributed by atoms with van der Waals surface area (Å²) in [6, 6.07) is 9.12. The summed E-state index contributed by atoms with van der Waals surface area (Å²) in [7, 11) is 0. The number of amides is 1. The predicted molar refractivity (Wildman–Crippen MR) is 107 cm³/mol. The number of hydrogen-bond donors (Lipinski definition) is 1. The van der Waals surface area contributed by atoms with Gasteiger partial charge in [0.25, 0.3) is 0 Å². The fraction of sp³-hybridized carbons (Fsp3) is 0.158. The number of nitrogens with zero attached hydrogens (tertiary/aromatic N) is 4.